The molecule has 0 aliphatic carbocycles. The molecule has 1 fully saturated rings. The number of hydrogen-bond acceptors (Lipinski definition) is 3. The van der Waals surface area contributed by atoms with Crippen molar-refractivity contribution in [3.8, 4) is 0 Å². The van der Waals surface area contributed by atoms with E-state index in [1.165, 1.54) is 12.8 Å². The SMILES string of the molecule is CC1CCCNC1CC(=O)N(C)CCCN(C)C. The average molecular weight is 255 g/mol. The molecule has 1 aliphatic rings. The first-order valence-electron chi connectivity index (χ1n) is 7.12. The van der Waals surface area contributed by atoms with Gasteiger partial charge in [0.25, 0.3) is 0 Å². The van der Waals surface area contributed by atoms with Crippen molar-refractivity contribution >= 4 is 5.91 Å². The third-order valence-electron chi connectivity index (χ3n) is 3.85. The molecule has 0 radical (unpaired) electrons. The molecule has 1 saturated heterocycles. The summed E-state index contributed by atoms with van der Waals surface area (Å²) in [6, 6.07) is 0.377. The molecular formula is C14H29N3O. The van der Waals surface area contributed by atoms with E-state index in [0.717, 1.165) is 26.1 Å². The van der Waals surface area contributed by atoms with Crippen molar-refractivity contribution in [2.75, 3.05) is 40.8 Å². The first-order valence-corrected chi connectivity index (χ1v) is 7.12. The second-order valence-corrected chi connectivity index (χ2v) is 5.86. The zero-order chi connectivity index (χ0) is 13.5. The molecule has 1 aliphatic heterocycles. The van der Waals surface area contributed by atoms with Crippen molar-refractivity contribution in [1.29, 1.82) is 0 Å². The smallest absolute Gasteiger partial charge is 0.223 e. The van der Waals surface area contributed by atoms with Gasteiger partial charge < -0.3 is 15.1 Å². The number of rotatable bonds is 6. The van der Waals surface area contributed by atoms with Gasteiger partial charge in [-0.15, -0.1) is 0 Å². The van der Waals surface area contributed by atoms with E-state index in [2.05, 4.69) is 31.2 Å². The van der Waals surface area contributed by atoms with Crippen LogP contribution < -0.4 is 5.32 Å². The largest absolute Gasteiger partial charge is 0.346 e. The van der Waals surface area contributed by atoms with Crippen LogP contribution in [0.2, 0.25) is 0 Å². The second-order valence-electron chi connectivity index (χ2n) is 5.86. The molecular weight excluding hydrogens is 226 g/mol. The number of nitrogens with one attached hydrogen (secondary N) is 1. The highest BCUT2D eigenvalue weighted by molar-refractivity contribution is 5.76. The van der Waals surface area contributed by atoms with Gasteiger partial charge in [-0.25, -0.2) is 0 Å². The van der Waals surface area contributed by atoms with Gasteiger partial charge in [0.15, 0.2) is 0 Å². The van der Waals surface area contributed by atoms with Crippen LogP contribution in [0.25, 0.3) is 0 Å². The number of piperidine rings is 1. The van der Waals surface area contributed by atoms with Gasteiger partial charge in [-0.2, -0.15) is 0 Å². The molecule has 2 unspecified atom stereocenters. The Morgan fingerprint density at radius 2 is 2.00 bits per heavy atom. The Bertz CT molecular complexity index is 255. The third kappa shape index (κ3) is 5.36. The molecule has 0 saturated carbocycles. The first-order chi connectivity index (χ1) is 8.50. The Labute approximate surface area is 112 Å². The van der Waals surface area contributed by atoms with E-state index >= 15 is 0 Å². The molecule has 0 bridgehead atoms. The molecule has 4 nitrogen and oxygen atoms in total. The lowest BCUT2D eigenvalue weighted by molar-refractivity contribution is -0.130. The van der Waals surface area contributed by atoms with E-state index in [-0.39, 0.29) is 5.91 Å². The predicted octanol–water partition coefficient (Wildman–Crippen LogP) is 1.17. The number of amides is 1. The monoisotopic (exact) mass is 255 g/mol. The normalized spacial score (nSPS) is 24.3. The van der Waals surface area contributed by atoms with Crippen molar-refractivity contribution in [2.45, 2.75) is 38.6 Å². The summed E-state index contributed by atoms with van der Waals surface area (Å²) in [6.07, 6.45) is 4.18. The number of carbonyl (C=O) groups excluding carboxylic acids is 1. The van der Waals surface area contributed by atoms with E-state index in [4.69, 9.17) is 0 Å². The standard InChI is InChI=1S/C14H29N3O/c1-12-7-5-8-15-13(12)11-14(18)17(4)10-6-9-16(2)3/h12-13,15H,5-11H2,1-4H3. The summed E-state index contributed by atoms with van der Waals surface area (Å²) >= 11 is 0. The van der Waals surface area contributed by atoms with Crippen LogP contribution in [-0.4, -0.2) is 62.5 Å². The molecule has 1 N–H and O–H groups in total. The van der Waals surface area contributed by atoms with E-state index in [9.17, 15) is 4.79 Å². The van der Waals surface area contributed by atoms with Gasteiger partial charge in [0.1, 0.15) is 0 Å². The summed E-state index contributed by atoms with van der Waals surface area (Å²) in [4.78, 5) is 16.1. The van der Waals surface area contributed by atoms with Crippen LogP contribution in [0, 0.1) is 5.92 Å². The maximum atomic E-state index is 12.1. The van der Waals surface area contributed by atoms with E-state index in [1.54, 1.807) is 0 Å². The van der Waals surface area contributed by atoms with E-state index in [1.807, 2.05) is 11.9 Å². The zero-order valence-electron chi connectivity index (χ0n) is 12.4. The van der Waals surface area contributed by atoms with Crippen LogP contribution in [0.15, 0.2) is 0 Å². The molecule has 0 aromatic rings. The van der Waals surface area contributed by atoms with Crippen molar-refractivity contribution in [1.82, 2.24) is 15.1 Å². The summed E-state index contributed by atoms with van der Waals surface area (Å²) in [7, 11) is 6.05. The van der Waals surface area contributed by atoms with Crippen LogP contribution >= 0.6 is 0 Å². The molecule has 1 amide bonds. The van der Waals surface area contributed by atoms with E-state index in [0.29, 0.717) is 18.4 Å². The maximum absolute atomic E-state index is 12.1. The summed E-state index contributed by atoms with van der Waals surface area (Å²) < 4.78 is 0. The third-order valence-corrected chi connectivity index (χ3v) is 3.85. The molecule has 0 aromatic heterocycles. The topological polar surface area (TPSA) is 35.6 Å². The molecule has 1 rings (SSSR count). The molecule has 4 heteroatoms. The lowest BCUT2D eigenvalue weighted by atomic mass is 9.90. The fraction of sp³-hybridized carbons (Fsp3) is 0.929. The fourth-order valence-electron chi connectivity index (χ4n) is 2.48. The van der Waals surface area contributed by atoms with Crippen LogP contribution in [0.4, 0.5) is 0 Å². The van der Waals surface area contributed by atoms with Crippen LogP contribution in [-0.2, 0) is 4.79 Å². The highest BCUT2D eigenvalue weighted by Crippen LogP contribution is 2.18. The lowest BCUT2D eigenvalue weighted by Gasteiger charge is -2.31. The summed E-state index contributed by atoms with van der Waals surface area (Å²) in [6.45, 7) is 5.20. The minimum Gasteiger partial charge on any atom is -0.346 e. The van der Waals surface area contributed by atoms with Crippen molar-refractivity contribution < 1.29 is 4.79 Å². The van der Waals surface area contributed by atoms with Gasteiger partial charge in [0, 0.05) is 26.1 Å². The van der Waals surface area contributed by atoms with Crippen LogP contribution in [0.3, 0.4) is 0 Å². The minimum absolute atomic E-state index is 0.278. The van der Waals surface area contributed by atoms with Crippen molar-refractivity contribution in [3.63, 3.8) is 0 Å². The van der Waals surface area contributed by atoms with Gasteiger partial charge in [-0.1, -0.05) is 6.92 Å². The van der Waals surface area contributed by atoms with Gasteiger partial charge in [0.2, 0.25) is 5.91 Å². The van der Waals surface area contributed by atoms with Crippen molar-refractivity contribution in [2.24, 2.45) is 5.92 Å². The molecule has 2 atom stereocenters. The molecule has 106 valence electrons. The van der Waals surface area contributed by atoms with Gasteiger partial charge in [-0.3, -0.25) is 4.79 Å². The molecule has 0 spiro atoms. The maximum Gasteiger partial charge on any atom is 0.223 e. The lowest BCUT2D eigenvalue weighted by Crippen LogP contribution is -2.44. The molecule has 1 heterocycles. The van der Waals surface area contributed by atoms with E-state index < -0.39 is 0 Å². The number of carbonyl (C=O) groups is 1. The minimum atomic E-state index is 0.278. The fourth-order valence-corrected chi connectivity index (χ4v) is 2.48. The first kappa shape index (κ1) is 15.4. The highest BCUT2D eigenvalue weighted by Gasteiger charge is 2.24. The average Bonchev–Trinajstić information content (AvgIpc) is 2.31. The quantitative estimate of drug-likeness (QED) is 0.774. The molecule has 18 heavy (non-hydrogen) atoms. The highest BCUT2D eigenvalue weighted by atomic mass is 16.2. The Morgan fingerprint density at radius 3 is 2.61 bits per heavy atom. The number of hydrogen-bond donors (Lipinski definition) is 1. The van der Waals surface area contributed by atoms with Crippen LogP contribution in [0.1, 0.15) is 32.6 Å². The summed E-state index contributed by atoms with van der Waals surface area (Å²) in [5.41, 5.74) is 0. The van der Waals surface area contributed by atoms with Gasteiger partial charge in [-0.05, 0) is 52.4 Å². The zero-order valence-corrected chi connectivity index (χ0v) is 12.4. The Balaban J connectivity index is 2.26. The molecule has 0 aromatic carbocycles. The summed E-state index contributed by atoms with van der Waals surface area (Å²) in [5.74, 6) is 0.901. The predicted molar refractivity (Wildman–Crippen MR) is 75.6 cm³/mol. The second kappa shape index (κ2) is 7.74. The Hall–Kier alpha value is -0.610. The van der Waals surface area contributed by atoms with Gasteiger partial charge in [0.05, 0.1) is 0 Å². The van der Waals surface area contributed by atoms with Crippen LogP contribution in [0.5, 0.6) is 0 Å². The van der Waals surface area contributed by atoms with Crippen molar-refractivity contribution in [3.05, 3.63) is 0 Å². The number of nitrogens with zero attached hydrogens (tertiary/aromatic N) is 2. The van der Waals surface area contributed by atoms with Gasteiger partial charge >= 0.3 is 0 Å². The Kier molecular flexibility index (Phi) is 6.65. The summed E-state index contributed by atoms with van der Waals surface area (Å²) in [5, 5.41) is 3.47. The Morgan fingerprint density at radius 1 is 1.28 bits per heavy atom.